The third-order valence-electron chi connectivity index (χ3n) is 5.79. The number of nitrogens with zero attached hydrogens (tertiary/aromatic N) is 5. The maximum absolute atomic E-state index is 9.95. The van der Waals surface area contributed by atoms with Crippen molar-refractivity contribution in [1.82, 2.24) is 25.3 Å². The summed E-state index contributed by atoms with van der Waals surface area (Å²) in [4.78, 5) is 17.4. The molecule has 3 N–H and O–H groups in total. The van der Waals surface area contributed by atoms with Crippen LogP contribution in [0.5, 0.6) is 0 Å². The van der Waals surface area contributed by atoms with E-state index in [1.54, 1.807) is 6.07 Å². The summed E-state index contributed by atoms with van der Waals surface area (Å²) in [7, 11) is 0. The first-order valence-electron chi connectivity index (χ1n) is 10.9. The quantitative estimate of drug-likeness (QED) is 0.481. The van der Waals surface area contributed by atoms with E-state index in [2.05, 4.69) is 30.2 Å². The number of anilines is 1. The van der Waals surface area contributed by atoms with Gasteiger partial charge in [0, 0.05) is 43.6 Å². The average Bonchev–Trinajstić information content (AvgIpc) is 3.41. The van der Waals surface area contributed by atoms with Gasteiger partial charge in [-0.3, -0.25) is 0 Å². The molecule has 2 aromatic rings. The number of aromatic nitrogens is 4. The van der Waals surface area contributed by atoms with Crippen LogP contribution in [0.1, 0.15) is 40.5 Å². The highest BCUT2D eigenvalue weighted by atomic mass is 35.5. The summed E-state index contributed by atoms with van der Waals surface area (Å²) in [5, 5.41) is 23.8. The van der Waals surface area contributed by atoms with Gasteiger partial charge < -0.3 is 20.4 Å². The minimum absolute atomic E-state index is 0. The zero-order valence-electron chi connectivity index (χ0n) is 19.9. The highest BCUT2D eigenvalue weighted by Crippen LogP contribution is 2.30. The van der Waals surface area contributed by atoms with Crippen LogP contribution in [0.25, 0.3) is 0 Å². The van der Waals surface area contributed by atoms with Gasteiger partial charge in [-0.2, -0.15) is 0 Å². The van der Waals surface area contributed by atoms with E-state index in [1.807, 2.05) is 27.7 Å². The highest BCUT2D eigenvalue weighted by Gasteiger charge is 2.34. The topological polar surface area (TPSA) is 107 Å². The highest BCUT2D eigenvalue weighted by molar-refractivity contribution is 6.33. The van der Waals surface area contributed by atoms with Crippen molar-refractivity contribution in [3.05, 3.63) is 40.2 Å². The summed E-state index contributed by atoms with van der Waals surface area (Å²) in [6.45, 7) is 11.2. The summed E-state index contributed by atoms with van der Waals surface area (Å²) in [5.41, 5.74) is -1.12. The van der Waals surface area contributed by atoms with Crippen LogP contribution < -0.4 is 10.2 Å². The molecule has 0 bridgehead atoms. The molecule has 2 aliphatic heterocycles. The maximum atomic E-state index is 9.95. The first kappa shape index (κ1) is 31.0. The van der Waals surface area contributed by atoms with Gasteiger partial charge in [0.05, 0.1) is 11.2 Å². The lowest BCUT2D eigenvalue weighted by Gasteiger charge is -2.25. The number of rotatable bonds is 3. The van der Waals surface area contributed by atoms with Crippen molar-refractivity contribution in [3.63, 3.8) is 0 Å². The number of halogens is 4. The van der Waals surface area contributed by atoms with Crippen molar-refractivity contribution in [2.24, 2.45) is 11.8 Å². The number of aliphatic hydroxyl groups is 2. The zero-order chi connectivity index (χ0) is 24.6. The molecule has 4 heterocycles. The van der Waals surface area contributed by atoms with Gasteiger partial charge in [-0.05, 0) is 47.1 Å². The molecule has 12 heteroatoms. The van der Waals surface area contributed by atoms with Crippen LogP contribution in [-0.4, -0.2) is 67.5 Å². The maximum Gasteiger partial charge on any atom is 0.134 e. The lowest BCUT2D eigenvalue weighted by atomic mass is 9.90. The summed E-state index contributed by atoms with van der Waals surface area (Å²) in [6, 6.07) is 3.23. The Hall–Kier alpha value is -1.00. The van der Waals surface area contributed by atoms with Gasteiger partial charge in [-0.25, -0.2) is 19.9 Å². The lowest BCUT2D eigenvalue weighted by Crippen LogP contribution is -2.33. The Morgan fingerprint density at radius 1 is 0.853 bits per heavy atom. The molecule has 0 spiro atoms. The van der Waals surface area contributed by atoms with Crippen LogP contribution in [0, 0.1) is 11.8 Å². The van der Waals surface area contributed by atoms with Gasteiger partial charge in [0.2, 0.25) is 0 Å². The summed E-state index contributed by atoms with van der Waals surface area (Å²) < 4.78 is 0. The second kappa shape index (κ2) is 13.9. The van der Waals surface area contributed by atoms with Crippen LogP contribution >= 0.6 is 47.2 Å². The van der Waals surface area contributed by atoms with Crippen molar-refractivity contribution < 1.29 is 10.2 Å². The van der Waals surface area contributed by atoms with Crippen molar-refractivity contribution in [3.8, 4) is 0 Å². The van der Waals surface area contributed by atoms with Gasteiger partial charge >= 0.3 is 0 Å². The Balaban J connectivity index is 0.000000274. The van der Waals surface area contributed by atoms with Crippen LogP contribution in [-0.2, 0) is 0 Å². The fourth-order valence-corrected chi connectivity index (χ4v) is 4.10. The molecular weight excluding hydrogens is 522 g/mol. The van der Waals surface area contributed by atoms with Crippen molar-refractivity contribution in [2.45, 2.75) is 51.7 Å². The first-order chi connectivity index (χ1) is 15.4. The van der Waals surface area contributed by atoms with Gasteiger partial charge in [0.25, 0.3) is 0 Å². The molecule has 2 aromatic heterocycles. The molecule has 0 radical (unpaired) electrons. The molecule has 8 nitrogen and oxygen atoms in total. The number of nitrogens with one attached hydrogen (secondary N) is 1. The average molecular weight is 556 g/mol. The third-order valence-corrected chi connectivity index (χ3v) is 6.41. The summed E-state index contributed by atoms with van der Waals surface area (Å²) >= 11 is 16.6. The largest absolute Gasteiger partial charge is 0.390 e. The van der Waals surface area contributed by atoms with Crippen molar-refractivity contribution in [2.75, 3.05) is 31.1 Å². The summed E-state index contributed by atoms with van der Waals surface area (Å²) in [6.07, 6.45) is 4.87. The fourth-order valence-electron chi connectivity index (χ4n) is 3.61. The van der Waals surface area contributed by atoms with E-state index in [4.69, 9.17) is 34.8 Å². The lowest BCUT2D eigenvalue weighted by molar-refractivity contribution is 0.0254. The Morgan fingerprint density at radius 3 is 1.74 bits per heavy atom. The third kappa shape index (κ3) is 10.7. The molecule has 0 aliphatic carbocycles. The zero-order valence-corrected chi connectivity index (χ0v) is 23.0. The van der Waals surface area contributed by atoms with E-state index in [0.29, 0.717) is 21.4 Å². The summed E-state index contributed by atoms with van der Waals surface area (Å²) in [5.74, 6) is 1.57. The van der Waals surface area contributed by atoms with Gasteiger partial charge in [-0.1, -0.05) is 34.8 Å². The Kier molecular flexibility index (Phi) is 12.7. The number of hydrogen-bond acceptors (Lipinski definition) is 8. The minimum Gasteiger partial charge on any atom is -0.390 e. The second-order valence-corrected chi connectivity index (χ2v) is 10.5. The monoisotopic (exact) mass is 554 g/mol. The SMILES string of the molecule is CC(C)(O)[C@@H]1CCN(c2cc(Cl)ncn2)C1.CC(C)(O)[C@@H]1CCNC1.Cl.Clc1cc(Cl)ncn1. The van der Waals surface area contributed by atoms with Gasteiger partial charge in [0.1, 0.15) is 33.9 Å². The van der Waals surface area contributed by atoms with E-state index in [9.17, 15) is 10.2 Å². The van der Waals surface area contributed by atoms with E-state index in [1.165, 1.54) is 18.7 Å². The number of hydrogen-bond donors (Lipinski definition) is 3. The van der Waals surface area contributed by atoms with Crippen LogP contribution in [0.4, 0.5) is 5.82 Å². The van der Waals surface area contributed by atoms with Crippen molar-refractivity contribution in [1.29, 1.82) is 0 Å². The molecule has 0 aromatic carbocycles. The molecule has 2 fully saturated rings. The Bertz CT molecular complexity index is 856. The normalized spacial score (nSPS) is 20.0. The molecule has 0 amide bonds. The van der Waals surface area contributed by atoms with Crippen LogP contribution in [0.2, 0.25) is 15.5 Å². The smallest absolute Gasteiger partial charge is 0.134 e. The molecule has 0 saturated carbocycles. The molecule has 2 atom stereocenters. The predicted molar refractivity (Wildman–Crippen MR) is 140 cm³/mol. The first-order valence-corrected chi connectivity index (χ1v) is 12.0. The molecule has 0 unspecified atom stereocenters. The Morgan fingerprint density at radius 2 is 1.38 bits per heavy atom. The van der Waals surface area contributed by atoms with Crippen LogP contribution in [0.15, 0.2) is 24.8 Å². The van der Waals surface area contributed by atoms with Crippen LogP contribution in [0.3, 0.4) is 0 Å². The Labute approximate surface area is 222 Å². The van der Waals surface area contributed by atoms with Gasteiger partial charge in [0.15, 0.2) is 0 Å². The molecule has 192 valence electrons. The van der Waals surface area contributed by atoms with E-state index < -0.39 is 11.2 Å². The fraction of sp³-hybridized carbons (Fsp3) is 0.636. The van der Waals surface area contributed by atoms with E-state index in [0.717, 1.165) is 44.8 Å². The van der Waals surface area contributed by atoms with Crippen molar-refractivity contribution >= 4 is 53.0 Å². The van der Waals surface area contributed by atoms with E-state index >= 15 is 0 Å². The molecule has 2 saturated heterocycles. The molecular formula is C22H34Cl4N6O2. The molecule has 4 rings (SSSR count). The molecule has 2 aliphatic rings. The second-order valence-electron chi connectivity index (χ2n) is 9.29. The predicted octanol–water partition coefficient (Wildman–Crippen LogP) is 4.30. The standard InChI is InChI=1S/C11H16ClN3O.C7H15NO.C4H2Cl2N2.ClH/c1-11(2,16)8-3-4-15(6-8)10-5-9(12)13-7-14-10;1-7(2,9)6-3-4-8-5-6;5-3-1-4(6)8-2-7-3;/h5,7-8,16H,3-4,6H2,1-2H3;6,8-9H,3-5H2,1-2H3;1-2H;1H/t8-;6-;;/m11../s1. The van der Waals surface area contributed by atoms with Gasteiger partial charge in [-0.15, -0.1) is 12.4 Å². The minimum atomic E-state index is -0.633. The van der Waals surface area contributed by atoms with E-state index in [-0.39, 0.29) is 18.3 Å². The molecule has 34 heavy (non-hydrogen) atoms.